The van der Waals surface area contributed by atoms with Gasteiger partial charge in [0.25, 0.3) is 0 Å². The van der Waals surface area contributed by atoms with E-state index in [0.717, 1.165) is 43.4 Å². The van der Waals surface area contributed by atoms with Crippen LogP contribution in [0.1, 0.15) is 17.6 Å². The molecule has 1 fully saturated rings. The molecule has 0 spiro atoms. The minimum atomic E-state index is 0.00343. The van der Waals surface area contributed by atoms with Crippen molar-refractivity contribution in [2.75, 3.05) is 39.9 Å². The summed E-state index contributed by atoms with van der Waals surface area (Å²) < 4.78 is 5.03. The third-order valence-electron chi connectivity index (χ3n) is 3.50. The van der Waals surface area contributed by atoms with Gasteiger partial charge in [-0.25, -0.2) is 9.78 Å². The van der Waals surface area contributed by atoms with E-state index in [2.05, 4.69) is 20.6 Å². The van der Waals surface area contributed by atoms with Gasteiger partial charge in [-0.15, -0.1) is 11.3 Å². The molecule has 0 saturated carbocycles. The molecule has 1 aromatic heterocycles. The molecule has 2 rings (SSSR count). The van der Waals surface area contributed by atoms with Gasteiger partial charge in [-0.2, -0.15) is 0 Å². The first-order valence-corrected chi connectivity index (χ1v) is 8.14. The van der Waals surface area contributed by atoms with Gasteiger partial charge in [-0.1, -0.05) is 0 Å². The van der Waals surface area contributed by atoms with E-state index >= 15 is 0 Å². The SMILES string of the molecule is COC[C@H](C)NC(=O)N1CCN(Cc2csc(C)n2)CC1. The normalized spacial score (nSPS) is 17.8. The maximum atomic E-state index is 12.1. The van der Waals surface area contributed by atoms with Gasteiger partial charge < -0.3 is 15.0 Å². The summed E-state index contributed by atoms with van der Waals surface area (Å²) in [5.41, 5.74) is 1.13. The highest BCUT2D eigenvalue weighted by atomic mass is 32.1. The minimum absolute atomic E-state index is 0.00343. The lowest BCUT2D eigenvalue weighted by molar-refractivity contribution is 0.125. The summed E-state index contributed by atoms with van der Waals surface area (Å²) in [7, 11) is 1.64. The predicted octanol–water partition coefficient (Wildman–Crippen LogP) is 1.31. The molecule has 0 bridgehead atoms. The largest absolute Gasteiger partial charge is 0.383 e. The summed E-state index contributed by atoms with van der Waals surface area (Å²) in [6.07, 6.45) is 0. The molecule has 1 aliphatic heterocycles. The van der Waals surface area contributed by atoms with Crippen LogP contribution in [0.2, 0.25) is 0 Å². The predicted molar refractivity (Wildman–Crippen MR) is 83.6 cm³/mol. The Labute approximate surface area is 130 Å². The Kier molecular flexibility index (Phi) is 5.96. The van der Waals surface area contributed by atoms with Crippen LogP contribution in [-0.2, 0) is 11.3 Å². The smallest absolute Gasteiger partial charge is 0.317 e. The third-order valence-corrected chi connectivity index (χ3v) is 4.32. The fourth-order valence-electron chi connectivity index (χ4n) is 2.41. The monoisotopic (exact) mass is 312 g/mol. The number of nitrogens with one attached hydrogen (secondary N) is 1. The maximum Gasteiger partial charge on any atom is 0.317 e. The van der Waals surface area contributed by atoms with E-state index in [-0.39, 0.29) is 12.1 Å². The lowest BCUT2D eigenvalue weighted by atomic mass is 10.3. The van der Waals surface area contributed by atoms with Crippen molar-refractivity contribution < 1.29 is 9.53 Å². The molecule has 0 aliphatic carbocycles. The summed E-state index contributed by atoms with van der Waals surface area (Å²) in [4.78, 5) is 20.8. The van der Waals surface area contributed by atoms with Gasteiger partial charge in [-0.3, -0.25) is 4.90 Å². The number of hydrogen-bond acceptors (Lipinski definition) is 5. The van der Waals surface area contributed by atoms with Gasteiger partial charge in [-0.05, 0) is 13.8 Å². The van der Waals surface area contributed by atoms with Crippen LogP contribution in [0, 0.1) is 6.92 Å². The molecule has 0 radical (unpaired) electrons. The van der Waals surface area contributed by atoms with Gasteiger partial charge in [0.05, 0.1) is 23.4 Å². The number of nitrogens with zero attached hydrogens (tertiary/aromatic N) is 3. The molecule has 1 aromatic rings. The Morgan fingerprint density at radius 1 is 1.48 bits per heavy atom. The molecule has 2 heterocycles. The Balaban J connectivity index is 1.73. The van der Waals surface area contributed by atoms with Gasteiger partial charge >= 0.3 is 6.03 Å². The zero-order valence-electron chi connectivity index (χ0n) is 13.0. The molecular weight excluding hydrogens is 288 g/mol. The van der Waals surface area contributed by atoms with E-state index in [9.17, 15) is 4.79 Å². The molecular formula is C14H24N4O2S. The zero-order valence-corrected chi connectivity index (χ0v) is 13.8. The first kappa shape index (κ1) is 16.2. The van der Waals surface area contributed by atoms with Gasteiger partial charge in [0.1, 0.15) is 0 Å². The standard InChI is InChI=1S/C14H24N4O2S/c1-11(9-20-3)15-14(19)18-6-4-17(5-7-18)8-13-10-21-12(2)16-13/h10-11H,4-9H2,1-3H3,(H,15,19)/t11-/m0/s1. The molecule has 1 N–H and O–H groups in total. The Bertz CT molecular complexity index is 458. The number of methoxy groups -OCH3 is 1. The average Bonchev–Trinajstić information content (AvgIpc) is 2.85. The molecule has 21 heavy (non-hydrogen) atoms. The van der Waals surface area contributed by atoms with Crippen molar-refractivity contribution in [3.05, 3.63) is 16.1 Å². The summed E-state index contributed by atoms with van der Waals surface area (Å²) in [5.74, 6) is 0. The number of amides is 2. The van der Waals surface area contributed by atoms with Crippen molar-refractivity contribution in [1.29, 1.82) is 0 Å². The fourth-order valence-corrected chi connectivity index (χ4v) is 3.02. The molecule has 1 atom stereocenters. The number of urea groups is 1. The summed E-state index contributed by atoms with van der Waals surface area (Å²) in [6.45, 7) is 8.68. The molecule has 7 heteroatoms. The van der Waals surface area contributed by atoms with Crippen molar-refractivity contribution in [3.8, 4) is 0 Å². The van der Waals surface area contributed by atoms with Crippen LogP contribution in [0.25, 0.3) is 0 Å². The minimum Gasteiger partial charge on any atom is -0.383 e. The van der Waals surface area contributed by atoms with Crippen LogP contribution in [0.15, 0.2) is 5.38 Å². The second kappa shape index (κ2) is 7.72. The number of carbonyl (C=O) groups excluding carboxylic acids is 1. The molecule has 118 valence electrons. The highest BCUT2D eigenvalue weighted by Crippen LogP contribution is 2.12. The summed E-state index contributed by atoms with van der Waals surface area (Å²) in [5, 5.41) is 6.17. The van der Waals surface area contributed by atoms with E-state index in [1.54, 1.807) is 18.4 Å². The number of piperazine rings is 1. The molecule has 1 saturated heterocycles. The van der Waals surface area contributed by atoms with E-state index in [1.165, 1.54) is 0 Å². The van der Waals surface area contributed by atoms with Crippen LogP contribution < -0.4 is 5.32 Å². The van der Waals surface area contributed by atoms with Gasteiger partial charge in [0.2, 0.25) is 0 Å². The lowest BCUT2D eigenvalue weighted by Gasteiger charge is -2.34. The Hall–Kier alpha value is -1.18. The second-order valence-corrected chi connectivity index (χ2v) is 6.49. The summed E-state index contributed by atoms with van der Waals surface area (Å²) in [6, 6.07) is 0.0437. The molecule has 1 aliphatic rings. The van der Waals surface area contributed by atoms with E-state index in [4.69, 9.17) is 4.74 Å². The average molecular weight is 312 g/mol. The number of hydrogen-bond donors (Lipinski definition) is 1. The Morgan fingerprint density at radius 3 is 2.76 bits per heavy atom. The number of carbonyl (C=O) groups is 1. The van der Waals surface area contributed by atoms with Crippen LogP contribution in [0.3, 0.4) is 0 Å². The van der Waals surface area contributed by atoms with E-state index in [0.29, 0.717) is 6.61 Å². The highest BCUT2D eigenvalue weighted by molar-refractivity contribution is 7.09. The highest BCUT2D eigenvalue weighted by Gasteiger charge is 2.22. The van der Waals surface area contributed by atoms with Crippen molar-refractivity contribution in [2.24, 2.45) is 0 Å². The zero-order chi connectivity index (χ0) is 15.2. The van der Waals surface area contributed by atoms with Crippen LogP contribution in [0.5, 0.6) is 0 Å². The number of ether oxygens (including phenoxy) is 1. The Morgan fingerprint density at radius 2 is 2.19 bits per heavy atom. The molecule has 6 nitrogen and oxygen atoms in total. The quantitative estimate of drug-likeness (QED) is 0.891. The fraction of sp³-hybridized carbons (Fsp3) is 0.714. The van der Waals surface area contributed by atoms with Crippen molar-refractivity contribution in [3.63, 3.8) is 0 Å². The van der Waals surface area contributed by atoms with Crippen molar-refractivity contribution in [2.45, 2.75) is 26.4 Å². The van der Waals surface area contributed by atoms with Crippen LogP contribution >= 0.6 is 11.3 Å². The van der Waals surface area contributed by atoms with E-state index in [1.807, 2.05) is 18.7 Å². The third kappa shape index (κ3) is 4.94. The molecule has 2 amide bonds. The van der Waals surface area contributed by atoms with Crippen LogP contribution in [0.4, 0.5) is 4.79 Å². The van der Waals surface area contributed by atoms with Crippen LogP contribution in [-0.4, -0.2) is 66.8 Å². The number of rotatable bonds is 5. The number of aromatic nitrogens is 1. The topological polar surface area (TPSA) is 57.7 Å². The molecule has 0 unspecified atom stereocenters. The lowest BCUT2D eigenvalue weighted by Crippen LogP contribution is -2.53. The first-order valence-electron chi connectivity index (χ1n) is 7.26. The number of thiazole rings is 1. The second-order valence-electron chi connectivity index (χ2n) is 5.43. The maximum absolute atomic E-state index is 12.1. The van der Waals surface area contributed by atoms with Gasteiger partial charge in [0.15, 0.2) is 0 Å². The van der Waals surface area contributed by atoms with Gasteiger partial charge in [0, 0.05) is 45.2 Å². The number of aryl methyl sites for hydroxylation is 1. The van der Waals surface area contributed by atoms with E-state index < -0.39 is 0 Å². The first-order chi connectivity index (χ1) is 10.1. The van der Waals surface area contributed by atoms with Crippen molar-refractivity contribution >= 4 is 17.4 Å². The summed E-state index contributed by atoms with van der Waals surface area (Å²) >= 11 is 1.69. The molecule has 0 aromatic carbocycles. The van der Waals surface area contributed by atoms with Crippen molar-refractivity contribution in [1.82, 2.24) is 20.1 Å².